The van der Waals surface area contributed by atoms with Crippen LogP contribution in [0.25, 0.3) is 106 Å². The minimum absolute atomic E-state index is 0.525. The molecule has 0 spiro atoms. The molecule has 0 unspecified atom stereocenters. The molecule has 0 fully saturated rings. The Hall–Kier alpha value is -7.63. The monoisotopic (exact) mass is 716 g/mol. The molecule has 0 saturated carbocycles. The molecule has 11 aromatic rings. The van der Waals surface area contributed by atoms with Gasteiger partial charge in [-0.05, 0) is 63.7 Å². The van der Waals surface area contributed by atoms with E-state index in [1.807, 2.05) is 42.5 Å². The number of rotatable bonds is 6. The fourth-order valence-electron chi connectivity index (χ4n) is 8.06. The molecule has 3 aromatic heterocycles. The van der Waals surface area contributed by atoms with Crippen molar-refractivity contribution in [2.75, 3.05) is 0 Å². The number of furan rings is 1. The van der Waals surface area contributed by atoms with Gasteiger partial charge in [0.2, 0.25) is 5.95 Å². The summed E-state index contributed by atoms with van der Waals surface area (Å²) in [5.74, 6) is 1.70. The van der Waals surface area contributed by atoms with Crippen molar-refractivity contribution in [1.82, 2.24) is 19.5 Å². The first kappa shape index (κ1) is 31.9. The molecule has 5 heteroatoms. The highest BCUT2D eigenvalue weighted by Gasteiger charge is 2.22. The molecule has 0 aliphatic heterocycles. The number of hydrogen-bond donors (Lipinski definition) is 0. The van der Waals surface area contributed by atoms with Gasteiger partial charge in [0.05, 0.1) is 5.52 Å². The van der Waals surface area contributed by atoms with Crippen LogP contribution >= 0.6 is 0 Å². The van der Waals surface area contributed by atoms with Gasteiger partial charge in [0.1, 0.15) is 11.1 Å². The van der Waals surface area contributed by atoms with Crippen LogP contribution < -0.4 is 0 Å². The van der Waals surface area contributed by atoms with Crippen LogP contribution in [-0.4, -0.2) is 19.5 Å². The largest absolute Gasteiger partial charge is 0.454 e. The Morgan fingerprint density at radius 3 is 1.64 bits per heavy atom. The molecule has 0 bridgehead atoms. The highest BCUT2D eigenvalue weighted by atomic mass is 16.3. The van der Waals surface area contributed by atoms with Gasteiger partial charge in [-0.3, -0.25) is 4.57 Å². The second kappa shape index (κ2) is 13.0. The Bertz CT molecular complexity index is 3250. The minimum atomic E-state index is 0.525. The van der Waals surface area contributed by atoms with E-state index in [9.17, 15) is 0 Å². The van der Waals surface area contributed by atoms with Crippen LogP contribution in [0.2, 0.25) is 0 Å². The number of fused-ring (bicyclic) bond motifs is 7. The summed E-state index contributed by atoms with van der Waals surface area (Å²) in [6.07, 6.45) is 0. The maximum absolute atomic E-state index is 6.64. The number of hydrogen-bond acceptors (Lipinski definition) is 4. The van der Waals surface area contributed by atoms with Gasteiger partial charge in [-0.15, -0.1) is 0 Å². The Morgan fingerprint density at radius 2 is 0.893 bits per heavy atom. The number of benzene rings is 8. The second-order valence-corrected chi connectivity index (χ2v) is 14.0. The smallest absolute Gasteiger partial charge is 0.238 e. The van der Waals surface area contributed by atoms with Gasteiger partial charge in [0.15, 0.2) is 17.2 Å². The standard InChI is InChI=1S/C51H32N4O/c1-3-15-33(16-4-1)35-19-13-20-36(31-35)39-23-7-8-24-40(39)37-21-14-22-38(32-37)50-52-49(34-17-5-2-6-18-34)53-51(54-50)55-45-27-11-9-25-41(45)43-29-30-44-42-26-10-12-28-46(42)56-48(44)47(43)55/h1-32H. The van der Waals surface area contributed by atoms with Crippen LogP contribution in [0.15, 0.2) is 199 Å². The lowest BCUT2D eigenvalue weighted by Gasteiger charge is -2.14. The summed E-state index contributed by atoms with van der Waals surface area (Å²) in [5.41, 5.74) is 12.3. The molecule has 0 amide bonds. The van der Waals surface area contributed by atoms with E-state index in [0.29, 0.717) is 17.6 Å². The van der Waals surface area contributed by atoms with Gasteiger partial charge >= 0.3 is 0 Å². The van der Waals surface area contributed by atoms with Gasteiger partial charge in [0, 0.05) is 32.7 Å². The lowest BCUT2D eigenvalue weighted by atomic mass is 9.92. The third-order valence-electron chi connectivity index (χ3n) is 10.7. The zero-order valence-corrected chi connectivity index (χ0v) is 30.2. The third-order valence-corrected chi connectivity index (χ3v) is 10.7. The number of para-hydroxylation sites is 2. The average Bonchev–Trinajstić information content (AvgIpc) is 3.83. The first-order valence-electron chi connectivity index (χ1n) is 18.8. The summed E-state index contributed by atoms with van der Waals surface area (Å²) in [4.78, 5) is 15.6. The normalized spacial score (nSPS) is 11.6. The van der Waals surface area contributed by atoms with Crippen molar-refractivity contribution in [2.45, 2.75) is 0 Å². The first-order valence-corrected chi connectivity index (χ1v) is 18.8. The summed E-state index contributed by atoms with van der Waals surface area (Å²) in [6, 6.07) is 67.5. The van der Waals surface area contributed by atoms with Crippen molar-refractivity contribution >= 4 is 43.7 Å². The van der Waals surface area contributed by atoms with Gasteiger partial charge in [0.25, 0.3) is 0 Å². The van der Waals surface area contributed by atoms with Crippen LogP contribution in [0.1, 0.15) is 0 Å². The zero-order chi connectivity index (χ0) is 37.0. The van der Waals surface area contributed by atoms with E-state index in [-0.39, 0.29) is 0 Å². The quantitative estimate of drug-likeness (QED) is 0.172. The molecule has 3 heterocycles. The molecule has 5 nitrogen and oxygen atoms in total. The van der Waals surface area contributed by atoms with Crippen molar-refractivity contribution in [3.8, 4) is 62.1 Å². The highest BCUT2D eigenvalue weighted by molar-refractivity contribution is 6.21. The Morgan fingerprint density at radius 1 is 0.357 bits per heavy atom. The van der Waals surface area contributed by atoms with Gasteiger partial charge in [-0.25, -0.2) is 4.98 Å². The maximum atomic E-state index is 6.64. The third kappa shape index (κ3) is 5.29. The summed E-state index contributed by atoms with van der Waals surface area (Å²) in [7, 11) is 0. The second-order valence-electron chi connectivity index (χ2n) is 14.0. The van der Waals surface area contributed by atoms with E-state index in [2.05, 4.69) is 156 Å². The average molecular weight is 717 g/mol. The SMILES string of the molecule is c1ccc(-c2cccc(-c3ccccc3-c3cccc(-c4nc(-c5ccccc5)nc(-n5c6ccccc6c6ccc7c8ccccc8oc7c65)n4)c3)c2)cc1. The van der Waals surface area contributed by atoms with Gasteiger partial charge in [-0.2, -0.15) is 9.97 Å². The molecular weight excluding hydrogens is 685 g/mol. The van der Waals surface area contributed by atoms with E-state index >= 15 is 0 Å². The van der Waals surface area contributed by atoms with E-state index in [0.717, 1.165) is 77.1 Å². The Labute approximate surface area is 322 Å². The Balaban J connectivity index is 1.12. The van der Waals surface area contributed by atoms with E-state index in [1.54, 1.807) is 0 Å². The molecular formula is C51H32N4O. The molecule has 56 heavy (non-hydrogen) atoms. The molecule has 8 aromatic carbocycles. The molecule has 0 aliphatic carbocycles. The van der Waals surface area contributed by atoms with Crippen LogP contribution in [0.3, 0.4) is 0 Å². The van der Waals surface area contributed by atoms with E-state index in [1.165, 1.54) is 11.1 Å². The van der Waals surface area contributed by atoms with Crippen LogP contribution in [0.5, 0.6) is 0 Å². The van der Waals surface area contributed by atoms with Crippen molar-refractivity contribution in [2.24, 2.45) is 0 Å². The Kier molecular flexibility index (Phi) is 7.42. The minimum Gasteiger partial charge on any atom is -0.454 e. The van der Waals surface area contributed by atoms with Crippen molar-refractivity contribution in [1.29, 1.82) is 0 Å². The van der Waals surface area contributed by atoms with Crippen LogP contribution in [-0.2, 0) is 0 Å². The number of aromatic nitrogens is 4. The van der Waals surface area contributed by atoms with Crippen molar-refractivity contribution < 1.29 is 4.42 Å². The van der Waals surface area contributed by atoms with Crippen LogP contribution in [0.4, 0.5) is 0 Å². The predicted octanol–water partition coefficient (Wildman–Crippen LogP) is 13.2. The molecule has 11 rings (SSSR count). The molecule has 0 saturated heterocycles. The molecule has 262 valence electrons. The zero-order valence-electron chi connectivity index (χ0n) is 30.2. The molecule has 0 atom stereocenters. The van der Waals surface area contributed by atoms with Crippen molar-refractivity contribution in [3.63, 3.8) is 0 Å². The summed E-state index contributed by atoms with van der Waals surface area (Å²) < 4.78 is 8.78. The summed E-state index contributed by atoms with van der Waals surface area (Å²) in [6.45, 7) is 0. The van der Waals surface area contributed by atoms with Gasteiger partial charge < -0.3 is 4.42 Å². The van der Waals surface area contributed by atoms with E-state index in [4.69, 9.17) is 19.4 Å². The summed E-state index contributed by atoms with van der Waals surface area (Å²) >= 11 is 0. The first-order chi connectivity index (χ1) is 27.8. The van der Waals surface area contributed by atoms with Crippen LogP contribution in [0, 0.1) is 0 Å². The fraction of sp³-hybridized carbons (Fsp3) is 0. The molecule has 0 aliphatic rings. The lowest BCUT2D eigenvalue weighted by molar-refractivity contribution is 0.670. The fourth-order valence-corrected chi connectivity index (χ4v) is 8.06. The molecule has 0 radical (unpaired) electrons. The number of nitrogens with zero attached hydrogens (tertiary/aromatic N) is 4. The van der Waals surface area contributed by atoms with Crippen molar-refractivity contribution in [3.05, 3.63) is 194 Å². The van der Waals surface area contributed by atoms with Gasteiger partial charge in [-0.1, -0.05) is 164 Å². The topological polar surface area (TPSA) is 56.7 Å². The van der Waals surface area contributed by atoms with E-state index < -0.39 is 0 Å². The highest BCUT2D eigenvalue weighted by Crippen LogP contribution is 2.41. The summed E-state index contributed by atoms with van der Waals surface area (Å²) in [5, 5.41) is 4.30. The predicted molar refractivity (Wildman–Crippen MR) is 229 cm³/mol. The maximum Gasteiger partial charge on any atom is 0.238 e. The molecule has 0 N–H and O–H groups in total. The lowest BCUT2D eigenvalue weighted by Crippen LogP contribution is -2.06.